The number of pyridine rings is 1. The van der Waals surface area contributed by atoms with E-state index in [0.29, 0.717) is 43.4 Å². The van der Waals surface area contributed by atoms with Gasteiger partial charge in [-0.3, -0.25) is 9.78 Å². The molecule has 0 saturated heterocycles. The summed E-state index contributed by atoms with van der Waals surface area (Å²) in [6.45, 7) is -0.204. The molecule has 4 rings (SSSR count). The van der Waals surface area contributed by atoms with Gasteiger partial charge in [-0.25, -0.2) is 0 Å². The van der Waals surface area contributed by atoms with Crippen molar-refractivity contribution in [2.45, 2.75) is 44.4 Å². The number of benzene rings is 1. The number of halogens is 3. The number of hydrogen-bond donors (Lipinski definition) is 3. The molecule has 196 valence electrons. The predicted octanol–water partition coefficient (Wildman–Crippen LogP) is 4.29. The highest BCUT2D eigenvalue weighted by molar-refractivity contribution is 5.78. The summed E-state index contributed by atoms with van der Waals surface area (Å²) in [7, 11) is 3.03. The largest absolute Gasteiger partial charge is 0.497 e. The lowest BCUT2D eigenvalue weighted by Crippen LogP contribution is -2.36. The minimum absolute atomic E-state index is 0.00315. The Bertz CT molecular complexity index is 1220. The van der Waals surface area contributed by atoms with E-state index in [0.717, 1.165) is 11.6 Å². The van der Waals surface area contributed by atoms with Gasteiger partial charge in [-0.05, 0) is 55.5 Å². The van der Waals surface area contributed by atoms with Crippen LogP contribution >= 0.6 is 0 Å². The molecule has 1 fully saturated rings. The number of aromatic nitrogens is 4. The minimum Gasteiger partial charge on any atom is -0.497 e. The number of carbonyl (C=O) groups is 1. The van der Waals surface area contributed by atoms with Crippen LogP contribution in [0.3, 0.4) is 0 Å². The molecule has 1 saturated carbocycles. The van der Waals surface area contributed by atoms with E-state index in [1.165, 1.54) is 19.2 Å². The molecular weight excluding hydrogens is 487 g/mol. The molecule has 9 nitrogen and oxygen atoms in total. The average molecular weight is 516 g/mol. The van der Waals surface area contributed by atoms with Gasteiger partial charge in [0.05, 0.1) is 12.7 Å². The van der Waals surface area contributed by atoms with Gasteiger partial charge in [0.1, 0.15) is 5.75 Å². The summed E-state index contributed by atoms with van der Waals surface area (Å²) < 4.78 is 45.2. The number of hydrogen-bond acceptors (Lipinski definition) is 8. The van der Waals surface area contributed by atoms with E-state index >= 15 is 0 Å². The number of carbonyl (C=O) groups excluding carboxylic acids is 1. The maximum Gasteiger partial charge on any atom is 0.416 e. The SMILES string of the molecule is CNc1nc(N[C@H]2CC[C@@H](C(=O)NCc3ccc(OC)cc3C(F)(F)F)CC2)nc(-c2cccnc2)n1. The molecule has 0 radical (unpaired) electrons. The lowest BCUT2D eigenvalue weighted by atomic mass is 9.85. The van der Waals surface area contributed by atoms with E-state index in [9.17, 15) is 18.0 Å². The maximum atomic E-state index is 13.4. The highest BCUT2D eigenvalue weighted by Crippen LogP contribution is 2.34. The van der Waals surface area contributed by atoms with Crippen molar-refractivity contribution in [3.05, 3.63) is 53.9 Å². The van der Waals surface area contributed by atoms with Crippen molar-refractivity contribution in [1.82, 2.24) is 25.3 Å². The van der Waals surface area contributed by atoms with Gasteiger partial charge in [0.25, 0.3) is 0 Å². The standard InChI is InChI=1S/C25H28F3N7O2/c1-29-23-33-21(17-4-3-11-30-13-17)34-24(35-23)32-18-8-5-15(6-9-18)22(36)31-14-16-7-10-19(37-2)12-20(16)25(26,27)28/h3-4,7,10-13,15,18H,5-6,8-9,14H2,1-2H3,(H,31,36)(H2,29,32,33,34,35)/t15-,18+. The van der Waals surface area contributed by atoms with Crippen molar-refractivity contribution < 1.29 is 22.7 Å². The molecule has 1 aliphatic carbocycles. The van der Waals surface area contributed by atoms with Crippen molar-refractivity contribution in [2.75, 3.05) is 24.8 Å². The van der Waals surface area contributed by atoms with Crippen LogP contribution in [0.4, 0.5) is 25.1 Å². The van der Waals surface area contributed by atoms with E-state index in [2.05, 4.69) is 35.9 Å². The highest BCUT2D eigenvalue weighted by Gasteiger charge is 2.34. The monoisotopic (exact) mass is 515 g/mol. The summed E-state index contributed by atoms with van der Waals surface area (Å²) in [5.74, 6) is 0.911. The molecule has 0 spiro atoms. The van der Waals surface area contributed by atoms with Crippen LogP contribution in [0.25, 0.3) is 11.4 Å². The van der Waals surface area contributed by atoms with Crippen LogP contribution < -0.4 is 20.7 Å². The second-order valence-electron chi connectivity index (χ2n) is 8.73. The van der Waals surface area contributed by atoms with Crippen LogP contribution in [0.2, 0.25) is 0 Å². The number of nitrogens with one attached hydrogen (secondary N) is 3. The molecule has 3 N–H and O–H groups in total. The number of methoxy groups -OCH3 is 1. The number of anilines is 2. The third kappa shape index (κ3) is 6.63. The fourth-order valence-corrected chi connectivity index (χ4v) is 4.29. The van der Waals surface area contributed by atoms with Crippen molar-refractivity contribution in [1.29, 1.82) is 0 Å². The lowest BCUT2D eigenvalue weighted by molar-refractivity contribution is -0.138. The Labute approximate surface area is 212 Å². The van der Waals surface area contributed by atoms with Gasteiger partial charge < -0.3 is 20.7 Å². The molecular formula is C25H28F3N7O2. The Balaban J connectivity index is 1.34. The summed E-state index contributed by atoms with van der Waals surface area (Å²) in [6.07, 6.45) is 1.37. The van der Waals surface area contributed by atoms with E-state index < -0.39 is 11.7 Å². The first-order chi connectivity index (χ1) is 17.8. The summed E-state index contributed by atoms with van der Waals surface area (Å²) in [5.41, 5.74) is -0.0593. The van der Waals surface area contributed by atoms with Gasteiger partial charge in [-0.1, -0.05) is 6.07 Å². The van der Waals surface area contributed by atoms with Gasteiger partial charge >= 0.3 is 6.18 Å². The van der Waals surface area contributed by atoms with Crippen LogP contribution in [-0.2, 0) is 17.5 Å². The smallest absolute Gasteiger partial charge is 0.416 e. The zero-order valence-corrected chi connectivity index (χ0v) is 20.5. The maximum absolute atomic E-state index is 13.4. The zero-order valence-electron chi connectivity index (χ0n) is 20.5. The molecule has 3 aromatic rings. The molecule has 0 bridgehead atoms. The minimum atomic E-state index is -4.54. The first-order valence-electron chi connectivity index (χ1n) is 11.9. The van der Waals surface area contributed by atoms with E-state index in [4.69, 9.17) is 4.74 Å². The van der Waals surface area contributed by atoms with Crippen LogP contribution in [0, 0.1) is 5.92 Å². The molecule has 0 atom stereocenters. The Morgan fingerprint density at radius 2 is 1.84 bits per heavy atom. The fraction of sp³-hybridized carbons (Fsp3) is 0.400. The Kier molecular flexibility index (Phi) is 8.04. The zero-order chi connectivity index (χ0) is 26.4. The second kappa shape index (κ2) is 11.4. The summed E-state index contributed by atoms with van der Waals surface area (Å²) in [4.78, 5) is 30.1. The molecule has 0 unspecified atom stereocenters. The van der Waals surface area contributed by atoms with Crippen LogP contribution in [0.5, 0.6) is 5.75 Å². The van der Waals surface area contributed by atoms with Gasteiger partial charge in [0, 0.05) is 43.5 Å². The molecule has 12 heteroatoms. The number of amides is 1. The van der Waals surface area contributed by atoms with E-state index in [1.807, 2.05) is 6.07 Å². The third-order valence-corrected chi connectivity index (χ3v) is 6.29. The number of nitrogens with zero attached hydrogens (tertiary/aromatic N) is 4. The summed E-state index contributed by atoms with van der Waals surface area (Å²) in [6, 6.07) is 7.44. The third-order valence-electron chi connectivity index (χ3n) is 6.29. The fourth-order valence-electron chi connectivity index (χ4n) is 4.29. The Morgan fingerprint density at radius 1 is 1.08 bits per heavy atom. The van der Waals surface area contributed by atoms with Crippen molar-refractivity contribution in [3.8, 4) is 17.1 Å². The summed E-state index contributed by atoms with van der Waals surface area (Å²) >= 11 is 0. The Hall–Kier alpha value is -3.96. The van der Waals surface area contributed by atoms with Gasteiger partial charge in [0.15, 0.2) is 5.82 Å². The van der Waals surface area contributed by atoms with Gasteiger partial charge in [0.2, 0.25) is 17.8 Å². The topological polar surface area (TPSA) is 114 Å². The number of ether oxygens (including phenoxy) is 1. The Morgan fingerprint density at radius 3 is 2.49 bits per heavy atom. The van der Waals surface area contributed by atoms with Crippen LogP contribution in [0.1, 0.15) is 36.8 Å². The van der Waals surface area contributed by atoms with Crippen LogP contribution in [-0.4, -0.2) is 46.0 Å². The van der Waals surface area contributed by atoms with Gasteiger partial charge in [-0.15, -0.1) is 0 Å². The van der Waals surface area contributed by atoms with Crippen molar-refractivity contribution in [2.24, 2.45) is 5.92 Å². The quantitative estimate of drug-likeness (QED) is 0.407. The van der Waals surface area contributed by atoms with Crippen molar-refractivity contribution >= 4 is 17.8 Å². The molecule has 1 amide bonds. The molecule has 0 aliphatic heterocycles. The molecule has 2 aromatic heterocycles. The molecule has 1 aromatic carbocycles. The van der Waals surface area contributed by atoms with E-state index in [1.54, 1.807) is 25.5 Å². The molecule has 37 heavy (non-hydrogen) atoms. The highest BCUT2D eigenvalue weighted by atomic mass is 19.4. The van der Waals surface area contributed by atoms with E-state index in [-0.39, 0.29) is 35.7 Å². The van der Waals surface area contributed by atoms with Gasteiger partial charge in [-0.2, -0.15) is 28.1 Å². The van der Waals surface area contributed by atoms with Crippen molar-refractivity contribution in [3.63, 3.8) is 0 Å². The average Bonchev–Trinajstić information content (AvgIpc) is 2.91. The molecule has 1 aliphatic rings. The first-order valence-corrected chi connectivity index (χ1v) is 11.9. The predicted molar refractivity (Wildman–Crippen MR) is 132 cm³/mol. The number of rotatable bonds is 8. The first kappa shape index (κ1) is 26.1. The number of alkyl halides is 3. The second-order valence-corrected chi connectivity index (χ2v) is 8.73. The summed E-state index contributed by atoms with van der Waals surface area (Å²) in [5, 5.41) is 8.93. The lowest BCUT2D eigenvalue weighted by Gasteiger charge is -2.28. The molecule has 2 heterocycles. The normalized spacial score (nSPS) is 17.6. The van der Waals surface area contributed by atoms with Crippen LogP contribution in [0.15, 0.2) is 42.7 Å².